The fourth-order valence-corrected chi connectivity index (χ4v) is 2.58. The summed E-state index contributed by atoms with van der Waals surface area (Å²) in [7, 11) is 0. The highest BCUT2D eigenvalue weighted by atomic mass is 16.4. The van der Waals surface area contributed by atoms with Crippen LogP contribution in [0.5, 0.6) is 0 Å². The molecule has 1 saturated carbocycles. The monoisotopic (exact) mass is 247 g/mol. The number of aromatic carboxylic acids is 1. The van der Waals surface area contributed by atoms with Gasteiger partial charge in [-0.25, -0.2) is 9.78 Å². The van der Waals surface area contributed by atoms with Gasteiger partial charge in [-0.2, -0.15) is 0 Å². The van der Waals surface area contributed by atoms with Gasteiger partial charge in [-0.05, 0) is 25.0 Å². The standard InChI is InChI=1S/C13H17N3O2/c17-13(18)12-11(2-1-5-14-12)16-8-6-15(7-9-16)10-3-4-10/h1-2,5,10H,3-4,6-9H2,(H,17,18). The fraction of sp³-hybridized carbons (Fsp3) is 0.538. The van der Waals surface area contributed by atoms with Crippen LogP contribution in [-0.2, 0) is 0 Å². The number of aromatic nitrogens is 1. The molecule has 1 N–H and O–H groups in total. The first kappa shape index (κ1) is 11.5. The summed E-state index contributed by atoms with van der Waals surface area (Å²) < 4.78 is 0. The number of hydrogen-bond donors (Lipinski definition) is 1. The quantitative estimate of drug-likeness (QED) is 0.865. The number of carboxylic acid groups (broad SMARTS) is 1. The highest BCUT2D eigenvalue weighted by Gasteiger charge is 2.31. The van der Waals surface area contributed by atoms with E-state index in [0.717, 1.165) is 37.9 Å². The van der Waals surface area contributed by atoms with Crippen LogP contribution in [0.15, 0.2) is 18.3 Å². The zero-order valence-corrected chi connectivity index (χ0v) is 10.2. The Morgan fingerprint density at radius 2 is 2.00 bits per heavy atom. The van der Waals surface area contributed by atoms with Crippen LogP contribution in [0.4, 0.5) is 5.69 Å². The third kappa shape index (κ3) is 2.18. The van der Waals surface area contributed by atoms with E-state index >= 15 is 0 Å². The molecule has 0 amide bonds. The lowest BCUT2D eigenvalue weighted by Crippen LogP contribution is -2.47. The van der Waals surface area contributed by atoms with Crippen LogP contribution in [-0.4, -0.2) is 53.2 Å². The smallest absolute Gasteiger partial charge is 0.356 e. The molecule has 2 aliphatic rings. The molecule has 96 valence electrons. The maximum atomic E-state index is 11.1. The molecule has 1 saturated heterocycles. The number of carbonyl (C=O) groups is 1. The summed E-state index contributed by atoms with van der Waals surface area (Å²) in [6, 6.07) is 4.44. The van der Waals surface area contributed by atoms with Crippen LogP contribution in [0, 0.1) is 0 Å². The van der Waals surface area contributed by atoms with Crippen molar-refractivity contribution in [1.82, 2.24) is 9.88 Å². The summed E-state index contributed by atoms with van der Waals surface area (Å²) in [5.74, 6) is -0.949. The predicted molar refractivity (Wildman–Crippen MR) is 68.0 cm³/mol. The third-order valence-electron chi connectivity index (χ3n) is 3.71. The summed E-state index contributed by atoms with van der Waals surface area (Å²) >= 11 is 0. The number of carboxylic acids is 1. The van der Waals surface area contributed by atoms with Crippen LogP contribution in [0.3, 0.4) is 0 Å². The Kier molecular flexibility index (Phi) is 2.91. The number of pyridine rings is 1. The SMILES string of the molecule is O=C(O)c1ncccc1N1CCN(C2CC2)CC1. The Balaban J connectivity index is 1.73. The lowest BCUT2D eigenvalue weighted by Gasteiger charge is -2.36. The number of piperazine rings is 1. The van der Waals surface area contributed by atoms with Gasteiger partial charge in [0.1, 0.15) is 0 Å². The minimum atomic E-state index is -0.949. The van der Waals surface area contributed by atoms with Crippen LogP contribution >= 0.6 is 0 Å². The highest BCUT2D eigenvalue weighted by molar-refractivity contribution is 5.92. The number of rotatable bonds is 3. The van der Waals surface area contributed by atoms with Crippen molar-refractivity contribution in [3.8, 4) is 0 Å². The van der Waals surface area contributed by atoms with Crippen molar-refractivity contribution in [2.24, 2.45) is 0 Å². The van der Waals surface area contributed by atoms with E-state index in [1.807, 2.05) is 6.07 Å². The van der Waals surface area contributed by atoms with Crippen molar-refractivity contribution in [3.05, 3.63) is 24.0 Å². The van der Waals surface area contributed by atoms with Crippen LogP contribution in [0.25, 0.3) is 0 Å². The van der Waals surface area contributed by atoms with E-state index in [4.69, 9.17) is 5.11 Å². The highest BCUT2D eigenvalue weighted by Crippen LogP contribution is 2.29. The van der Waals surface area contributed by atoms with Gasteiger partial charge in [0.2, 0.25) is 0 Å². The van der Waals surface area contributed by atoms with Gasteiger partial charge in [0, 0.05) is 38.4 Å². The number of anilines is 1. The summed E-state index contributed by atoms with van der Waals surface area (Å²) in [4.78, 5) is 19.8. The largest absolute Gasteiger partial charge is 0.476 e. The molecule has 1 aliphatic carbocycles. The molecule has 3 rings (SSSR count). The van der Waals surface area contributed by atoms with Gasteiger partial charge in [0.25, 0.3) is 0 Å². The lowest BCUT2D eigenvalue weighted by atomic mass is 10.2. The molecule has 0 bridgehead atoms. The Bertz CT molecular complexity index is 451. The molecule has 0 radical (unpaired) electrons. The molecule has 5 nitrogen and oxygen atoms in total. The average molecular weight is 247 g/mol. The fourth-order valence-electron chi connectivity index (χ4n) is 2.58. The summed E-state index contributed by atoms with van der Waals surface area (Å²) in [5, 5.41) is 9.15. The van der Waals surface area contributed by atoms with E-state index in [0.29, 0.717) is 0 Å². The molecule has 1 aromatic heterocycles. The van der Waals surface area contributed by atoms with Crippen molar-refractivity contribution >= 4 is 11.7 Å². The van der Waals surface area contributed by atoms with Gasteiger partial charge in [-0.3, -0.25) is 4.90 Å². The molecule has 1 aromatic rings. The van der Waals surface area contributed by atoms with E-state index in [2.05, 4.69) is 14.8 Å². The van der Waals surface area contributed by atoms with Gasteiger partial charge in [-0.15, -0.1) is 0 Å². The molecule has 5 heteroatoms. The second-order valence-corrected chi connectivity index (χ2v) is 4.93. The normalized spacial score (nSPS) is 21.0. The lowest BCUT2D eigenvalue weighted by molar-refractivity contribution is 0.0691. The van der Waals surface area contributed by atoms with E-state index in [-0.39, 0.29) is 5.69 Å². The minimum absolute atomic E-state index is 0.164. The van der Waals surface area contributed by atoms with E-state index in [9.17, 15) is 4.79 Å². The molecule has 2 heterocycles. The van der Waals surface area contributed by atoms with Crippen LogP contribution < -0.4 is 4.90 Å². The summed E-state index contributed by atoms with van der Waals surface area (Å²) in [6.45, 7) is 3.84. The van der Waals surface area contributed by atoms with Crippen molar-refractivity contribution < 1.29 is 9.90 Å². The first-order valence-corrected chi connectivity index (χ1v) is 6.43. The molecule has 0 spiro atoms. The predicted octanol–water partition coefficient (Wildman–Crippen LogP) is 1.06. The average Bonchev–Trinajstić information content (AvgIpc) is 3.23. The van der Waals surface area contributed by atoms with Crippen molar-refractivity contribution in [3.63, 3.8) is 0 Å². The Labute approximate surface area is 106 Å². The first-order chi connectivity index (χ1) is 8.75. The second-order valence-electron chi connectivity index (χ2n) is 4.93. The van der Waals surface area contributed by atoms with E-state index in [1.54, 1.807) is 6.07 Å². The van der Waals surface area contributed by atoms with E-state index < -0.39 is 5.97 Å². The van der Waals surface area contributed by atoms with Gasteiger partial charge >= 0.3 is 5.97 Å². The first-order valence-electron chi connectivity index (χ1n) is 6.43. The summed E-state index contributed by atoms with van der Waals surface area (Å²) in [6.07, 6.45) is 4.19. The zero-order chi connectivity index (χ0) is 12.5. The number of nitrogens with zero attached hydrogens (tertiary/aromatic N) is 3. The Morgan fingerprint density at radius 1 is 1.28 bits per heavy atom. The molecule has 18 heavy (non-hydrogen) atoms. The topological polar surface area (TPSA) is 56.7 Å². The second kappa shape index (κ2) is 4.57. The van der Waals surface area contributed by atoms with Gasteiger partial charge in [-0.1, -0.05) is 0 Å². The molecular weight excluding hydrogens is 230 g/mol. The number of hydrogen-bond acceptors (Lipinski definition) is 4. The zero-order valence-electron chi connectivity index (χ0n) is 10.2. The third-order valence-corrected chi connectivity index (χ3v) is 3.71. The molecular formula is C13H17N3O2. The molecule has 0 atom stereocenters. The van der Waals surface area contributed by atoms with Gasteiger partial charge < -0.3 is 10.0 Å². The van der Waals surface area contributed by atoms with Crippen molar-refractivity contribution in [1.29, 1.82) is 0 Å². The Morgan fingerprint density at radius 3 is 2.61 bits per heavy atom. The van der Waals surface area contributed by atoms with Crippen LogP contribution in [0.1, 0.15) is 23.3 Å². The van der Waals surface area contributed by atoms with Crippen LogP contribution in [0.2, 0.25) is 0 Å². The maximum Gasteiger partial charge on any atom is 0.356 e. The Hall–Kier alpha value is -1.62. The van der Waals surface area contributed by atoms with Gasteiger partial charge in [0.15, 0.2) is 5.69 Å². The molecule has 0 aromatic carbocycles. The maximum absolute atomic E-state index is 11.1. The van der Waals surface area contributed by atoms with E-state index in [1.165, 1.54) is 19.0 Å². The molecule has 1 aliphatic heterocycles. The summed E-state index contributed by atoms with van der Waals surface area (Å²) in [5.41, 5.74) is 0.915. The van der Waals surface area contributed by atoms with Crippen molar-refractivity contribution in [2.45, 2.75) is 18.9 Å². The van der Waals surface area contributed by atoms with Crippen molar-refractivity contribution in [2.75, 3.05) is 31.1 Å². The van der Waals surface area contributed by atoms with Gasteiger partial charge in [0.05, 0.1) is 5.69 Å². The molecule has 2 fully saturated rings. The minimum Gasteiger partial charge on any atom is -0.476 e. The molecule has 0 unspecified atom stereocenters.